The molecule has 4 aliphatic heterocycles. The number of likely N-dealkylation sites (N-methyl/N-ethyl adjacent to an activating group) is 4. The van der Waals surface area contributed by atoms with Gasteiger partial charge in [0.1, 0.15) is 65.7 Å². The third-order valence-corrected chi connectivity index (χ3v) is 17.7. The third kappa shape index (κ3) is 15.0. The van der Waals surface area contributed by atoms with Gasteiger partial charge < -0.3 is 65.4 Å². The van der Waals surface area contributed by atoms with Crippen LogP contribution in [0.15, 0.2) is 21.3 Å². The fraction of sp³-hybridized carbons (Fsp3) is 0.625. The van der Waals surface area contributed by atoms with E-state index in [0.717, 1.165) is 4.90 Å². The van der Waals surface area contributed by atoms with Gasteiger partial charge in [-0.05, 0) is 82.3 Å². The average Bonchev–Trinajstić information content (AvgIpc) is 1.13. The molecule has 9 amide bonds. The number of aryl methyl sites for hydroxylation is 1. The van der Waals surface area contributed by atoms with Crippen molar-refractivity contribution in [2.75, 3.05) is 53.6 Å². The number of fused-ring (bicyclic) bond motifs is 3. The molecule has 0 bridgehead atoms. The number of amides is 9. The van der Waals surface area contributed by atoms with E-state index in [9.17, 15) is 52.7 Å². The van der Waals surface area contributed by atoms with Gasteiger partial charge in [-0.3, -0.25) is 57.5 Å². The van der Waals surface area contributed by atoms with Crippen LogP contribution in [0.1, 0.15) is 141 Å². The van der Waals surface area contributed by atoms with Crippen LogP contribution in [0.4, 0.5) is 5.69 Å². The molecule has 3 fully saturated rings. The maximum atomic E-state index is 15.2. The first kappa shape index (κ1) is 71.6. The number of esters is 2. The summed E-state index contributed by atoms with van der Waals surface area (Å²) in [5, 5.41) is 10.7. The van der Waals surface area contributed by atoms with Crippen molar-refractivity contribution in [3.8, 4) is 11.5 Å². The van der Waals surface area contributed by atoms with Gasteiger partial charge in [0.15, 0.2) is 17.1 Å². The van der Waals surface area contributed by atoms with Gasteiger partial charge in [-0.25, -0.2) is 9.78 Å². The first-order chi connectivity index (χ1) is 42.5. The van der Waals surface area contributed by atoms with E-state index in [2.05, 4.69) is 21.3 Å². The second kappa shape index (κ2) is 29.2. The summed E-state index contributed by atoms with van der Waals surface area (Å²) < 4.78 is 18.3. The highest BCUT2D eigenvalue weighted by Gasteiger charge is 2.46. The minimum Gasteiger partial charge on any atom is -0.460 e. The highest BCUT2D eigenvalue weighted by atomic mass is 16.6. The summed E-state index contributed by atoms with van der Waals surface area (Å²) in [6, 6.07) is -6.77. The Labute approximate surface area is 530 Å². The van der Waals surface area contributed by atoms with Gasteiger partial charge >= 0.3 is 11.9 Å². The molecule has 3 saturated heterocycles. The molecule has 27 heteroatoms. The second-order valence-electron chi connectivity index (χ2n) is 25.9. The fourth-order valence-corrected chi connectivity index (χ4v) is 12.2. The molecule has 91 heavy (non-hydrogen) atoms. The van der Waals surface area contributed by atoms with Gasteiger partial charge in [0.25, 0.3) is 11.8 Å². The van der Waals surface area contributed by atoms with Crippen LogP contribution in [0.25, 0.3) is 22.6 Å². The smallest absolute Gasteiger partial charge is 0.329 e. The number of nitrogen functional groups attached to an aromatic ring is 1. The summed E-state index contributed by atoms with van der Waals surface area (Å²) in [5.41, 5.74) is 3.57. The van der Waals surface area contributed by atoms with Crippen LogP contribution in [0.5, 0.6) is 0 Å². The Kier molecular flexibility index (Phi) is 22.9. The molecule has 27 nitrogen and oxygen atoms in total. The van der Waals surface area contributed by atoms with E-state index in [4.69, 9.17) is 24.6 Å². The second-order valence-corrected chi connectivity index (χ2v) is 25.9. The molecule has 0 spiro atoms. The zero-order valence-electron chi connectivity index (χ0n) is 55.6. The molecule has 1 aromatic rings. The van der Waals surface area contributed by atoms with Crippen molar-refractivity contribution in [2.24, 2.45) is 35.5 Å². The number of nitrogens with two attached hydrogens (primary N) is 1. The number of hydrogen-bond acceptors (Lipinski definition) is 18. The van der Waals surface area contributed by atoms with E-state index in [-0.39, 0.29) is 47.5 Å². The Balaban J connectivity index is 1.48. The molecule has 4 heterocycles. The zero-order chi connectivity index (χ0) is 68.3. The molecular formula is C64H91N11O16. The molecule has 6 N–H and O–H groups in total. The van der Waals surface area contributed by atoms with E-state index in [0.29, 0.717) is 24.8 Å². The predicted molar refractivity (Wildman–Crippen MR) is 333 cm³/mol. The molecule has 6 rings (SSSR count). The number of ether oxygens (including phenoxy) is 2. The SMILES string of the molecule is CCCC1C(=O)N(C)CC(=O)N(C)C(C(C)C)C(=O)OC(C)C(NC(=O)c2c3nc4c(C(=O)NC5C(=O)NC(C(C)C)C(=O)N6CCCC6C(=O)N(C)CC(=O)C(C)C(C(C)C)C(=O)OC5C)ccc(C)c4oc-3c(C)c(=O)c2N)C(=O)NC(C(C)C)C(=O)N1C. The van der Waals surface area contributed by atoms with Crippen molar-refractivity contribution in [1.82, 2.24) is 50.8 Å². The van der Waals surface area contributed by atoms with Crippen LogP contribution in [0, 0.1) is 49.4 Å². The molecular weight excluding hydrogens is 1180 g/mol. The third-order valence-electron chi connectivity index (χ3n) is 17.7. The van der Waals surface area contributed by atoms with Gasteiger partial charge in [0.05, 0.1) is 35.8 Å². The standard InChI is InChI=1S/C64H91N11O16/c1-19-21-38-59(83)72(16)27-41(77)74(18)51(31(8)9)64(88)90-36(14)48(58(82)67-45(29(4)5)61(85)73(38)17)70-56(80)43-44(65)52(78)34(12)54-50(43)66-49-37(24-23-32(10)53(49)91-54)55(79)69-47-35(13)89-63(87)42(28(2)3)33(11)40(76)26-71(15)60(84)39-22-20-25-75(39)62(86)46(30(6)7)68-57(47)81/h23-24,28-31,33,35-36,38-39,42,45-48,51H,19-22,25-27,65H2,1-18H3,(H,67,82)(H,68,81)(H,69,79)(H,70,80). The van der Waals surface area contributed by atoms with Crippen LogP contribution >= 0.6 is 0 Å². The van der Waals surface area contributed by atoms with E-state index in [1.54, 1.807) is 69.2 Å². The lowest BCUT2D eigenvalue weighted by molar-refractivity contribution is -0.163. The molecule has 0 aromatic heterocycles. The highest BCUT2D eigenvalue weighted by molar-refractivity contribution is 6.10. The number of anilines is 1. The summed E-state index contributed by atoms with van der Waals surface area (Å²) in [4.78, 5) is 198. The Hall–Kier alpha value is -8.52. The number of aromatic nitrogens is 1. The predicted octanol–water partition coefficient (Wildman–Crippen LogP) is 2.36. The van der Waals surface area contributed by atoms with Crippen molar-refractivity contribution in [2.45, 2.75) is 177 Å². The molecule has 498 valence electrons. The number of nitrogens with zero attached hydrogens (tertiary/aromatic N) is 6. The zero-order valence-corrected chi connectivity index (χ0v) is 55.6. The number of hydrogen-bond donors (Lipinski definition) is 5. The number of Topliss-reactive ketones (excluding diaryl/α,β-unsaturated/α-hetero) is 1. The maximum Gasteiger partial charge on any atom is 0.329 e. The van der Waals surface area contributed by atoms with Gasteiger partial charge in [-0.1, -0.05) is 81.7 Å². The topological polar surface area (TPSA) is 357 Å². The van der Waals surface area contributed by atoms with Crippen LogP contribution in [0.2, 0.25) is 0 Å². The van der Waals surface area contributed by atoms with E-state index in [1.165, 1.54) is 80.7 Å². The summed E-state index contributed by atoms with van der Waals surface area (Å²) >= 11 is 0. The minimum atomic E-state index is -1.90. The number of ketones is 1. The van der Waals surface area contributed by atoms with Crippen LogP contribution < -0.4 is 32.4 Å². The molecule has 1 aromatic carbocycles. The number of carbonyl (C=O) groups excluding carboxylic acids is 12. The van der Waals surface area contributed by atoms with Crippen molar-refractivity contribution < 1.29 is 71.4 Å². The molecule has 11 atom stereocenters. The Bertz CT molecular complexity index is 3400. The lowest BCUT2D eigenvalue weighted by Crippen LogP contribution is -2.61. The van der Waals surface area contributed by atoms with Crippen LogP contribution in [0.3, 0.4) is 0 Å². The van der Waals surface area contributed by atoms with Crippen molar-refractivity contribution in [3.63, 3.8) is 0 Å². The van der Waals surface area contributed by atoms with E-state index in [1.807, 2.05) is 6.92 Å². The summed E-state index contributed by atoms with van der Waals surface area (Å²) in [7, 11) is 5.62. The van der Waals surface area contributed by atoms with Gasteiger partial charge in [0.2, 0.25) is 46.8 Å². The Morgan fingerprint density at radius 2 is 1.24 bits per heavy atom. The van der Waals surface area contributed by atoms with E-state index < -0.39 is 190 Å². The van der Waals surface area contributed by atoms with Gasteiger partial charge in [-0.2, -0.15) is 0 Å². The normalized spacial score (nSPS) is 26.3. The molecule has 5 aliphatic rings. The quantitative estimate of drug-likeness (QED) is 0.110. The molecule has 11 unspecified atom stereocenters. The Morgan fingerprint density at radius 3 is 1.79 bits per heavy atom. The number of benzene rings is 2. The lowest BCUT2D eigenvalue weighted by atomic mass is 9.81. The lowest BCUT2D eigenvalue weighted by Gasteiger charge is -2.37. The summed E-state index contributed by atoms with van der Waals surface area (Å²) in [6.07, 6.45) is -1.69. The Morgan fingerprint density at radius 1 is 0.692 bits per heavy atom. The molecule has 0 radical (unpaired) electrons. The maximum absolute atomic E-state index is 15.2. The largest absolute Gasteiger partial charge is 0.460 e. The number of cyclic esters (lactones) is 2. The van der Waals surface area contributed by atoms with Crippen molar-refractivity contribution in [1.29, 1.82) is 0 Å². The number of nitrogens with one attached hydrogen (secondary N) is 4. The van der Waals surface area contributed by atoms with Crippen LogP contribution in [-0.4, -0.2) is 203 Å². The average molecular weight is 1270 g/mol. The first-order valence-electron chi connectivity index (χ1n) is 31.1. The summed E-state index contributed by atoms with van der Waals surface area (Å²) in [5.74, 6) is -14.3. The van der Waals surface area contributed by atoms with E-state index >= 15 is 9.59 Å². The summed E-state index contributed by atoms with van der Waals surface area (Å²) in [6.45, 7) is 21.7. The van der Waals surface area contributed by atoms with Gasteiger partial charge in [-0.15, -0.1) is 0 Å². The number of carbonyl (C=O) groups is 12. The minimum absolute atomic E-state index is 0.0746. The van der Waals surface area contributed by atoms with Crippen LogP contribution in [-0.2, 0) is 57.4 Å². The monoisotopic (exact) mass is 1270 g/mol. The number of rotatable bonds is 10. The molecule has 0 saturated carbocycles. The fourth-order valence-electron chi connectivity index (χ4n) is 12.2. The highest BCUT2D eigenvalue weighted by Crippen LogP contribution is 2.35. The first-order valence-corrected chi connectivity index (χ1v) is 31.1. The molecule has 1 aliphatic carbocycles. The van der Waals surface area contributed by atoms with Gasteiger partial charge in [0, 0.05) is 46.2 Å². The van der Waals surface area contributed by atoms with Crippen molar-refractivity contribution >= 4 is 87.7 Å². The van der Waals surface area contributed by atoms with Crippen molar-refractivity contribution in [3.05, 3.63) is 44.6 Å².